The van der Waals surface area contributed by atoms with E-state index >= 15 is 0 Å². The molecular formula is C8H12N2O3. The molecule has 0 atom stereocenters. The Morgan fingerprint density at radius 2 is 2.46 bits per heavy atom. The summed E-state index contributed by atoms with van der Waals surface area (Å²) in [7, 11) is 0. The maximum atomic E-state index is 11.4. The number of nitrogens with zero attached hydrogens (tertiary/aromatic N) is 2. The van der Waals surface area contributed by atoms with Gasteiger partial charge in [-0.25, -0.2) is 4.79 Å². The van der Waals surface area contributed by atoms with E-state index in [9.17, 15) is 4.79 Å². The first-order valence-electron chi connectivity index (χ1n) is 4.38. The van der Waals surface area contributed by atoms with E-state index in [1.165, 1.54) is 0 Å². The summed E-state index contributed by atoms with van der Waals surface area (Å²) in [5.74, 6) is 0. The molecule has 5 heteroatoms. The number of amides is 1. The Morgan fingerprint density at radius 1 is 1.62 bits per heavy atom. The molecule has 0 radical (unpaired) electrons. The molecule has 0 aromatic carbocycles. The number of carbonyl (C=O) groups is 1. The summed E-state index contributed by atoms with van der Waals surface area (Å²) in [6, 6.07) is 0. The molecule has 0 aromatic heterocycles. The van der Waals surface area contributed by atoms with Crippen molar-refractivity contribution in [1.82, 2.24) is 4.90 Å². The van der Waals surface area contributed by atoms with Crippen molar-refractivity contribution in [3.63, 3.8) is 0 Å². The molecule has 0 spiro atoms. The van der Waals surface area contributed by atoms with E-state index < -0.39 is 0 Å². The molecule has 2 aliphatic heterocycles. The maximum absolute atomic E-state index is 11.4. The largest absolute Gasteiger partial charge is 0.441 e. The van der Waals surface area contributed by atoms with Crippen LogP contribution >= 0.6 is 0 Å². The van der Waals surface area contributed by atoms with E-state index in [1.54, 1.807) is 11.1 Å². The van der Waals surface area contributed by atoms with Gasteiger partial charge in [-0.2, -0.15) is 0 Å². The number of hydrogen-bond acceptors (Lipinski definition) is 4. The summed E-state index contributed by atoms with van der Waals surface area (Å²) in [6.07, 6.45) is 1.45. The molecule has 0 aliphatic carbocycles. The van der Waals surface area contributed by atoms with Crippen LogP contribution in [0.5, 0.6) is 0 Å². The van der Waals surface area contributed by atoms with Gasteiger partial charge < -0.3 is 14.4 Å². The van der Waals surface area contributed by atoms with E-state index in [1.807, 2.05) is 0 Å². The summed E-state index contributed by atoms with van der Waals surface area (Å²) >= 11 is 0. The van der Waals surface area contributed by atoms with Crippen LogP contribution in [0.4, 0.5) is 4.79 Å². The number of carbonyl (C=O) groups excluding carboxylic acids is 1. The van der Waals surface area contributed by atoms with Gasteiger partial charge in [0, 0.05) is 12.8 Å². The molecule has 1 fully saturated rings. The predicted octanol–water partition coefficient (Wildman–Crippen LogP) is -0.0918. The third kappa shape index (κ3) is 1.98. The molecule has 0 saturated carbocycles. The fourth-order valence-corrected chi connectivity index (χ4v) is 1.18. The van der Waals surface area contributed by atoms with Gasteiger partial charge in [-0.05, 0) is 0 Å². The van der Waals surface area contributed by atoms with Gasteiger partial charge in [0.05, 0.1) is 26.3 Å². The summed E-state index contributed by atoms with van der Waals surface area (Å²) in [5.41, 5.74) is 0. The smallest absolute Gasteiger partial charge is 0.410 e. The number of ether oxygens (including phenoxy) is 2. The van der Waals surface area contributed by atoms with Crippen molar-refractivity contribution in [3.05, 3.63) is 0 Å². The summed E-state index contributed by atoms with van der Waals surface area (Å²) in [5, 5.41) is 0. The molecule has 5 nitrogen and oxygen atoms in total. The van der Waals surface area contributed by atoms with Crippen LogP contribution in [0.1, 0.15) is 0 Å². The molecule has 2 rings (SSSR count). The van der Waals surface area contributed by atoms with E-state index in [-0.39, 0.29) is 12.2 Å². The zero-order valence-corrected chi connectivity index (χ0v) is 7.31. The van der Waals surface area contributed by atoms with Crippen LogP contribution in [0.25, 0.3) is 0 Å². The van der Waals surface area contributed by atoms with Crippen molar-refractivity contribution in [1.29, 1.82) is 0 Å². The van der Waals surface area contributed by atoms with E-state index in [4.69, 9.17) is 9.47 Å². The summed E-state index contributed by atoms with van der Waals surface area (Å²) < 4.78 is 10.0. The molecule has 0 unspecified atom stereocenters. The highest BCUT2D eigenvalue weighted by molar-refractivity contribution is 5.73. The number of hydrogen-bond donors (Lipinski definition) is 0. The van der Waals surface area contributed by atoms with Crippen molar-refractivity contribution >= 4 is 12.3 Å². The zero-order valence-electron chi connectivity index (χ0n) is 7.31. The predicted molar refractivity (Wildman–Crippen MR) is 46.0 cm³/mol. The maximum Gasteiger partial charge on any atom is 0.410 e. The van der Waals surface area contributed by atoms with Gasteiger partial charge in [0.25, 0.3) is 0 Å². The van der Waals surface area contributed by atoms with Crippen LogP contribution in [-0.4, -0.2) is 56.2 Å². The molecule has 1 amide bonds. The molecule has 0 N–H and O–H groups in total. The van der Waals surface area contributed by atoms with Crippen LogP contribution in [0.3, 0.4) is 0 Å². The third-order valence-electron chi connectivity index (χ3n) is 2.06. The van der Waals surface area contributed by atoms with Crippen LogP contribution < -0.4 is 0 Å². The average Bonchev–Trinajstić information content (AvgIpc) is 2.12. The standard InChI is InChI=1S/C8H12N2O3/c11-8(13-7-5-12-6-7)10-3-1-9-2-4-10/h1,7H,2-6H2. The monoisotopic (exact) mass is 184 g/mol. The number of aliphatic imine (C=N–C) groups is 1. The van der Waals surface area contributed by atoms with Crippen LogP contribution in [0.2, 0.25) is 0 Å². The second-order valence-electron chi connectivity index (χ2n) is 3.08. The molecule has 13 heavy (non-hydrogen) atoms. The lowest BCUT2D eigenvalue weighted by atomic mass is 10.3. The van der Waals surface area contributed by atoms with Crippen LogP contribution in [0.15, 0.2) is 4.99 Å². The minimum Gasteiger partial charge on any atom is -0.441 e. The second kappa shape index (κ2) is 3.74. The SMILES string of the molecule is O=C(OC1COC1)N1CC=NCC1. The van der Waals surface area contributed by atoms with Gasteiger partial charge in [-0.15, -0.1) is 0 Å². The highest BCUT2D eigenvalue weighted by Crippen LogP contribution is 2.08. The number of rotatable bonds is 1. The van der Waals surface area contributed by atoms with Gasteiger partial charge in [0.15, 0.2) is 6.10 Å². The third-order valence-corrected chi connectivity index (χ3v) is 2.06. The molecule has 1 saturated heterocycles. The van der Waals surface area contributed by atoms with Gasteiger partial charge in [0.1, 0.15) is 0 Å². The first kappa shape index (κ1) is 8.50. The first-order chi connectivity index (χ1) is 6.36. The zero-order chi connectivity index (χ0) is 9.10. The fraction of sp³-hybridized carbons (Fsp3) is 0.750. The molecule has 0 bridgehead atoms. The van der Waals surface area contributed by atoms with Crippen molar-refractivity contribution in [2.75, 3.05) is 32.8 Å². The van der Waals surface area contributed by atoms with Crippen LogP contribution in [-0.2, 0) is 9.47 Å². The van der Waals surface area contributed by atoms with E-state index in [2.05, 4.69) is 4.99 Å². The van der Waals surface area contributed by atoms with Gasteiger partial charge in [-0.3, -0.25) is 4.99 Å². The molecule has 0 aromatic rings. The topological polar surface area (TPSA) is 51.1 Å². The summed E-state index contributed by atoms with van der Waals surface area (Å²) in [6.45, 7) is 2.97. The average molecular weight is 184 g/mol. The molecule has 72 valence electrons. The Hall–Kier alpha value is -1.10. The minimum atomic E-state index is -0.251. The fourth-order valence-electron chi connectivity index (χ4n) is 1.18. The Bertz CT molecular complexity index is 225. The van der Waals surface area contributed by atoms with Gasteiger partial charge >= 0.3 is 6.09 Å². The van der Waals surface area contributed by atoms with Crippen molar-refractivity contribution in [3.8, 4) is 0 Å². The van der Waals surface area contributed by atoms with Crippen molar-refractivity contribution in [2.24, 2.45) is 4.99 Å². The van der Waals surface area contributed by atoms with Gasteiger partial charge in [-0.1, -0.05) is 0 Å². The Kier molecular flexibility index (Phi) is 2.44. The Morgan fingerprint density at radius 3 is 3.00 bits per heavy atom. The molecular weight excluding hydrogens is 172 g/mol. The molecule has 2 heterocycles. The Balaban J connectivity index is 1.78. The first-order valence-corrected chi connectivity index (χ1v) is 4.38. The van der Waals surface area contributed by atoms with Crippen molar-refractivity contribution in [2.45, 2.75) is 6.10 Å². The highest BCUT2D eigenvalue weighted by atomic mass is 16.6. The van der Waals surface area contributed by atoms with Gasteiger partial charge in [0.2, 0.25) is 0 Å². The minimum absolute atomic E-state index is 0.0358. The second-order valence-corrected chi connectivity index (χ2v) is 3.08. The van der Waals surface area contributed by atoms with Crippen molar-refractivity contribution < 1.29 is 14.3 Å². The summed E-state index contributed by atoms with van der Waals surface area (Å²) in [4.78, 5) is 17.1. The quantitative estimate of drug-likeness (QED) is 0.572. The normalized spacial score (nSPS) is 22.6. The Labute approximate surface area is 76.3 Å². The lowest BCUT2D eigenvalue weighted by molar-refractivity contribution is -0.104. The highest BCUT2D eigenvalue weighted by Gasteiger charge is 2.25. The van der Waals surface area contributed by atoms with E-state index in [0.29, 0.717) is 32.8 Å². The molecule has 2 aliphatic rings. The lowest BCUT2D eigenvalue weighted by Gasteiger charge is -2.29. The van der Waals surface area contributed by atoms with E-state index in [0.717, 1.165) is 0 Å². The lowest BCUT2D eigenvalue weighted by Crippen LogP contribution is -2.44. The van der Waals surface area contributed by atoms with Crippen LogP contribution in [0, 0.1) is 0 Å².